The van der Waals surface area contributed by atoms with E-state index in [1.165, 1.54) is 12.4 Å². The summed E-state index contributed by atoms with van der Waals surface area (Å²) in [6, 6.07) is 3.82. The van der Waals surface area contributed by atoms with Gasteiger partial charge in [0.25, 0.3) is 0 Å². The van der Waals surface area contributed by atoms with Crippen molar-refractivity contribution in [2.45, 2.75) is 0 Å². The molecule has 0 aliphatic carbocycles. The van der Waals surface area contributed by atoms with Crippen molar-refractivity contribution in [3.63, 3.8) is 0 Å². The Morgan fingerprint density at radius 2 is 1.97 bits per heavy atom. The number of ether oxygens (including phenoxy) is 2. The van der Waals surface area contributed by atoms with Crippen molar-refractivity contribution < 1.29 is 9.47 Å². The third kappa shape index (κ3) is 4.04. The van der Waals surface area contributed by atoms with E-state index in [4.69, 9.17) is 9.47 Å². The Labute approximate surface area is 164 Å². The molecule has 4 aromatic rings. The molecule has 0 saturated heterocycles. The number of aryl methyl sites for hydroxylation is 1. The normalized spacial score (nSPS) is 11.0. The number of methoxy groups -OCH3 is 1. The zero-order valence-electron chi connectivity index (χ0n) is 15.8. The lowest BCUT2D eigenvalue weighted by atomic mass is 10.2. The van der Waals surface area contributed by atoms with Crippen molar-refractivity contribution in [3.05, 3.63) is 47.5 Å². The van der Waals surface area contributed by atoms with E-state index in [2.05, 4.69) is 35.2 Å². The molecule has 0 saturated carbocycles. The molecule has 0 bridgehead atoms. The van der Waals surface area contributed by atoms with Crippen LogP contribution in [0, 0.1) is 0 Å². The maximum absolute atomic E-state index is 12.0. The SMILES string of the molecule is COCCOc1ncc(Nc2nc(=O)[nH]c3ccc(-c4cncn4C)nc23)cn1. The molecule has 2 N–H and O–H groups in total. The molecule has 0 fully saturated rings. The highest BCUT2D eigenvalue weighted by Gasteiger charge is 2.11. The number of hydrogen-bond acceptors (Lipinski definition) is 9. The number of hydrogen-bond donors (Lipinski definition) is 2. The molecule has 11 nitrogen and oxygen atoms in total. The fourth-order valence-corrected chi connectivity index (χ4v) is 2.68. The van der Waals surface area contributed by atoms with Crippen molar-refractivity contribution in [3.8, 4) is 17.4 Å². The summed E-state index contributed by atoms with van der Waals surface area (Å²) in [7, 11) is 3.47. The van der Waals surface area contributed by atoms with Crippen LogP contribution in [0.25, 0.3) is 22.4 Å². The first-order valence-electron chi connectivity index (χ1n) is 8.72. The van der Waals surface area contributed by atoms with Gasteiger partial charge >= 0.3 is 11.7 Å². The summed E-state index contributed by atoms with van der Waals surface area (Å²) >= 11 is 0. The molecule has 0 aliphatic heterocycles. The number of nitrogens with one attached hydrogen (secondary N) is 2. The summed E-state index contributed by atoms with van der Waals surface area (Å²) in [5, 5.41) is 3.05. The Hall–Kier alpha value is -3.86. The van der Waals surface area contributed by atoms with E-state index in [1.807, 2.05) is 17.7 Å². The van der Waals surface area contributed by atoms with Gasteiger partial charge in [0, 0.05) is 14.2 Å². The topological polar surface area (TPSA) is 133 Å². The van der Waals surface area contributed by atoms with E-state index in [9.17, 15) is 4.79 Å². The summed E-state index contributed by atoms with van der Waals surface area (Å²) in [5.41, 5.74) is 2.65. The molecule has 29 heavy (non-hydrogen) atoms. The predicted molar refractivity (Wildman–Crippen MR) is 105 cm³/mol. The first kappa shape index (κ1) is 18.5. The van der Waals surface area contributed by atoms with Gasteiger partial charge in [-0.05, 0) is 12.1 Å². The molecule has 148 valence electrons. The highest BCUT2D eigenvalue weighted by atomic mass is 16.5. The van der Waals surface area contributed by atoms with Crippen molar-refractivity contribution >= 4 is 22.5 Å². The van der Waals surface area contributed by atoms with Gasteiger partial charge in [0.15, 0.2) is 5.82 Å². The Bertz CT molecular complexity index is 1190. The largest absolute Gasteiger partial charge is 0.461 e. The lowest BCUT2D eigenvalue weighted by Gasteiger charge is -2.09. The number of H-pyrrole nitrogens is 1. The van der Waals surface area contributed by atoms with Crippen LogP contribution in [0.3, 0.4) is 0 Å². The van der Waals surface area contributed by atoms with E-state index in [0.717, 1.165) is 5.69 Å². The van der Waals surface area contributed by atoms with E-state index < -0.39 is 5.69 Å². The maximum Gasteiger partial charge on any atom is 0.347 e. The van der Waals surface area contributed by atoms with Crippen molar-refractivity contribution in [1.29, 1.82) is 0 Å². The van der Waals surface area contributed by atoms with Crippen LogP contribution in [0.15, 0.2) is 41.8 Å². The lowest BCUT2D eigenvalue weighted by molar-refractivity contribution is 0.141. The number of aromatic amines is 1. The number of aromatic nitrogens is 7. The molecule has 0 amide bonds. The second-order valence-electron chi connectivity index (χ2n) is 6.09. The van der Waals surface area contributed by atoms with Gasteiger partial charge in [0.05, 0.1) is 54.1 Å². The minimum atomic E-state index is -0.490. The van der Waals surface area contributed by atoms with E-state index in [0.29, 0.717) is 41.4 Å². The summed E-state index contributed by atoms with van der Waals surface area (Å²) in [5.74, 6) is 0.296. The standard InChI is InChI=1S/C18H18N8O3/c1-26-10-19-9-14(26)12-3-4-13-15(23-12)16(25-17(27)24-13)22-11-7-20-18(21-8-11)29-6-5-28-2/h3-4,7-10H,5-6H2,1-2H3,(H2,22,24,25,27). The van der Waals surface area contributed by atoms with Crippen LogP contribution in [0.2, 0.25) is 0 Å². The molecule has 4 aromatic heterocycles. The van der Waals surface area contributed by atoms with Gasteiger partial charge in [-0.15, -0.1) is 0 Å². The molecule has 4 rings (SSSR count). The van der Waals surface area contributed by atoms with Crippen LogP contribution in [-0.4, -0.2) is 54.8 Å². The molecule has 0 radical (unpaired) electrons. The van der Waals surface area contributed by atoms with E-state index >= 15 is 0 Å². The smallest absolute Gasteiger partial charge is 0.347 e. The molecule has 0 spiro atoms. The number of imidazole rings is 1. The molecule has 11 heteroatoms. The number of pyridine rings is 1. The van der Waals surface area contributed by atoms with Crippen molar-refractivity contribution in [2.75, 3.05) is 25.6 Å². The number of rotatable bonds is 7. The summed E-state index contributed by atoms with van der Waals surface area (Å²) in [6.45, 7) is 0.793. The predicted octanol–water partition coefficient (Wildman–Crippen LogP) is 1.28. The van der Waals surface area contributed by atoms with Gasteiger partial charge in [0.2, 0.25) is 0 Å². The quantitative estimate of drug-likeness (QED) is 0.445. The van der Waals surface area contributed by atoms with Crippen LogP contribution < -0.4 is 15.7 Å². The summed E-state index contributed by atoms with van der Waals surface area (Å²) in [6.07, 6.45) is 6.49. The van der Waals surface area contributed by atoms with Gasteiger partial charge < -0.3 is 24.3 Å². The molecule has 4 heterocycles. The van der Waals surface area contributed by atoms with Gasteiger partial charge in [0.1, 0.15) is 12.1 Å². The second kappa shape index (κ2) is 8.02. The van der Waals surface area contributed by atoms with E-state index in [1.54, 1.807) is 25.7 Å². The van der Waals surface area contributed by atoms with Crippen molar-refractivity contribution in [2.24, 2.45) is 7.05 Å². The Morgan fingerprint density at radius 1 is 1.14 bits per heavy atom. The van der Waals surface area contributed by atoms with Crippen LogP contribution >= 0.6 is 0 Å². The number of fused-ring (bicyclic) bond motifs is 1. The molecular weight excluding hydrogens is 376 g/mol. The Kier molecular flexibility index (Phi) is 5.12. The zero-order valence-corrected chi connectivity index (χ0v) is 15.8. The molecule has 0 unspecified atom stereocenters. The summed E-state index contributed by atoms with van der Waals surface area (Å²) < 4.78 is 12.1. The van der Waals surface area contributed by atoms with Gasteiger partial charge in [-0.25, -0.2) is 24.7 Å². The van der Waals surface area contributed by atoms with Gasteiger partial charge in [-0.3, -0.25) is 0 Å². The number of anilines is 2. The third-order valence-electron chi connectivity index (χ3n) is 4.06. The molecular formula is C18H18N8O3. The zero-order chi connectivity index (χ0) is 20.2. The van der Waals surface area contributed by atoms with Gasteiger partial charge in [-0.2, -0.15) is 4.98 Å². The fraction of sp³-hybridized carbons (Fsp3) is 0.222. The number of nitrogens with zero attached hydrogens (tertiary/aromatic N) is 6. The third-order valence-corrected chi connectivity index (χ3v) is 4.06. The Morgan fingerprint density at radius 3 is 2.69 bits per heavy atom. The minimum absolute atomic E-state index is 0.230. The molecule has 0 atom stereocenters. The lowest BCUT2D eigenvalue weighted by Crippen LogP contribution is -2.13. The maximum atomic E-state index is 12.0. The highest BCUT2D eigenvalue weighted by Crippen LogP contribution is 2.24. The van der Waals surface area contributed by atoms with Crippen molar-refractivity contribution in [1.82, 2.24) is 34.5 Å². The highest BCUT2D eigenvalue weighted by molar-refractivity contribution is 5.88. The average molecular weight is 394 g/mol. The fourth-order valence-electron chi connectivity index (χ4n) is 2.68. The first-order valence-corrected chi connectivity index (χ1v) is 8.72. The molecule has 0 aromatic carbocycles. The van der Waals surface area contributed by atoms with Gasteiger partial charge in [-0.1, -0.05) is 0 Å². The average Bonchev–Trinajstić information content (AvgIpc) is 3.15. The van der Waals surface area contributed by atoms with Crippen LogP contribution in [0.1, 0.15) is 0 Å². The van der Waals surface area contributed by atoms with Crippen LogP contribution in [0.5, 0.6) is 6.01 Å². The van der Waals surface area contributed by atoms with Crippen LogP contribution in [0.4, 0.5) is 11.5 Å². The monoisotopic (exact) mass is 394 g/mol. The Balaban J connectivity index is 1.65. The molecule has 0 aliphatic rings. The second-order valence-corrected chi connectivity index (χ2v) is 6.09. The van der Waals surface area contributed by atoms with Crippen LogP contribution in [-0.2, 0) is 11.8 Å². The van der Waals surface area contributed by atoms with E-state index in [-0.39, 0.29) is 6.01 Å². The minimum Gasteiger partial charge on any atom is -0.461 e. The first-order chi connectivity index (χ1) is 14.1. The summed E-state index contributed by atoms with van der Waals surface area (Å²) in [4.78, 5) is 35.7.